The van der Waals surface area contributed by atoms with Gasteiger partial charge in [0.2, 0.25) is 0 Å². The van der Waals surface area contributed by atoms with Gasteiger partial charge in [-0.05, 0) is 26.2 Å². The van der Waals surface area contributed by atoms with E-state index in [-0.39, 0.29) is 11.6 Å². The van der Waals surface area contributed by atoms with Crippen LogP contribution in [0.4, 0.5) is 0 Å². The smallest absolute Gasteiger partial charge is 0.281 e. The predicted octanol–water partition coefficient (Wildman–Crippen LogP) is -0.484. The maximum absolute atomic E-state index is 10.4. The summed E-state index contributed by atoms with van der Waals surface area (Å²) in [6, 6.07) is 0.454. The zero-order valence-electron chi connectivity index (χ0n) is 7.36. The molecule has 66 valence electrons. The number of hydrogen-bond donors (Lipinski definition) is 1. The van der Waals surface area contributed by atoms with Crippen molar-refractivity contribution in [2.24, 2.45) is 0 Å². The summed E-state index contributed by atoms with van der Waals surface area (Å²) in [6.45, 7) is 2.06. The van der Waals surface area contributed by atoms with E-state index in [0.29, 0.717) is 13.5 Å². The number of aliphatic hydroxyl groups excluding tert-OH is 1. The van der Waals surface area contributed by atoms with Gasteiger partial charge in [-0.25, -0.2) is 0 Å². The second-order valence-electron chi connectivity index (χ2n) is 4.12. The van der Waals surface area contributed by atoms with Crippen LogP contribution >= 0.6 is 0 Å². The van der Waals surface area contributed by atoms with Crippen LogP contribution in [-0.2, 0) is 4.79 Å². The van der Waals surface area contributed by atoms with Crippen LogP contribution in [0.1, 0.15) is 26.2 Å². The average molecular weight is 167 g/mol. The maximum Gasteiger partial charge on any atom is 0.281 e. The fraction of sp³-hybridized carbons (Fsp3) is 0.875. The van der Waals surface area contributed by atoms with Crippen molar-refractivity contribution in [1.29, 1.82) is 0 Å². The molecule has 2 fully saturated rings. The summed E-state index contributed by atoms with van der Waals surface area (Å²) >= 11 is 0. The molecule has 2 heterocycles. The Balaban J connectivity index is 2.20. The summed E-state index contributed by atoms with van der Waals surface area (Å²) in [6.07, 6.45) is 3.74. The highest BCUT2D eigenvalue weighted by Gasteiger charge is 2.53. The number of carbonyl (C=O) groups is 1. The zero-order chi connectivity index (χ0) is 8.77. The normalized spacial score (nSPS) is 46.5. The van der Waals surface area contributed by atoms with Gasteiger partial charge in [0.1, 0.15) is 0 Å². The standard InChI is InChI=1S/C8H14BNO2/c1-8-3-2-6(4-7(8)12)10(8)9-5-11/h5-7,9,12H,2-4H2,1H3. The molecule has 3 unspecified atom stereocenters. The highest BCUT2D eigenvalue weighted by atomic mass is 16.3. The van der Waals surface area contributed by atoms with Crippen molar-refractivity contribution in [3.63, 3.8) is 0 Å². The summed E-state index contributed by atoms with van der Waals surface area (Å²) in [7, 11) is 0.484. The van der Waals surface area contributed by atoms with Gasteiger partial charge < -0.3 is 14.7 Å². The third kappa shape index (κ3) is 0.881. The van der Waals surface area contributed by atoms with Crippen molar-refractivity contribution >= 4 is 13.6 Å². The molecule has 0 spiro atoms. The SMILES string of the molecule is CC12CCC(CC1O)N2BC=O. The molecule has 4 heteroatoms. The largest absolute Gasteiger partial charge is 0.391 e. The third-order valence-electron chi connectivity index (χ3n) is 3.57. The average Bonchev–Trinajstić information content (AvgIpc) is 2.43. The van der Waals surface area contributed by atoms with Crippen molar-refractivity contribution < 1.29 is 9.90 Å². The molecule has 3 atom stereocenters. The van der Waals surface area contributed by atoms with Crippen LogP contribution in [-0.4, -0.2) is 41.2 Å². The van der Waals surface area contributed by atoms with E-state index in [4.69, 9.17) is 0 Å². The van der Waals surface area contributed by atoms with E-state index in [1.54, 1.807) is 0 Å². The number of hydrogen-bond acceptors (Lipinski definition) is 3. The molecule has 2 aliphatic heterocycles. The fourth-order valence-electron chi connectivity index (χ4n) is 2.73. The zero-order valence-corrected chi connectivity index (χ0v) is 7.36. The summed E-state index contributed by atoms with van der Waals surface area (Å²) in [4.78, 5) is 12.6. The number of aliphatic hydroxyl groups is 1. The van der Waals surface area contributed by atoms with Crippen LogP contribution < -0.4 is 0 Å². The van der Waals surface area contributed by atoms with Crippen molar-refractivity contribution in [1.82, 2.24) is 4.81 Å². The molecular weight excluding hydrogens is 153 g/mol. The molecule has 0 saturated carbocycles. The molecule has 1 N–H and O–H groups in total. The minimum absolute atomic E-state index is 0.106. The Morgan fingerprint density at radius 2 is 2.50 bits per heavy atom. The summed E-state index contributed by atoms with van der Waals surface area (Å²) in [5, 5.41) is 9.72. The van der Waals surface area contributed by atoms with Crippen molar-refractivity contribution in [2.45, 2.75) is 43.9 Å². The molecule has 0 aromatic heterocycles. The Morgan fingerprint density at radius 3 is 2.92 bits per heavy atom. The van der Waals surface area contributed by atoms with E-state index in [9.17, 15) is 9.90 Å². The number of fused-ring (bicyclic) bond motifs is 2. The van der Waals surface area contributed by atoms with E-state index in [2.05, 4.69) is 11.7 Å². The van der Waals surface area contributed by atoms with Crippen LogP contribution in [0.15, 0.2) is 0 Å². The highest BCUT2D eigenvalue weighted by molar-refractivity contribution is 6.64. The monoisotopic (exact) mass is 167 g/mol. The van der Waals surface area contributed by atoms with Gasteiger partial charge in [0.15, 0.2) is 0 Å². The molecule has 2 bridgehead atoms. The number of rotatable bonds is 2. The van der Waals surface area contributed by atoms with E-state index in [1.807, 2.05) is 0 Å². The van der Waals surface area contributed by atoms with E-state index < -0.39 is 0 Å². The lowest BCUT2D eigenvalue weighted by Crippen LogP contribution is -2.47. The van der Waals surface area contributed by atoms with Gasteiger partial charge in [-0.1, -0.05) is 0 Å². The second kappa shape index (κ2) is 2.57. The van der Waals surface area contributed by atoms with Crippen molar-refractivity contribution in [3.05, 3.63) is 0 Å². The quantitative estimate of drug-likeness (QED) is 0.445. The van der Waals surface area contributed by atoms with Crippen molar-refractivity contribution in [2.75, 3.05) is 0 Å². The van der Waals surface area contributed by atoms with Crippen molar-refractivity contribution in [3.8, 4) is 0 Å². The molecule has 0 radical (unpaired) electrons. The summed E-state index contributed by atoms with van der Waals surface area (Å²) in [5.74, 6) is 0. The Kier molecular flexibility index (Phi) is 1.77. The molecule has 0 amide bonds. The summed E-state index contributed by atoms with van der Waals surface area (Å²) in [5.41, 5.74) is -0.106. The van der Waals surface area contributed by atoms with Gasteiger partial charge in [0, 0.05) is 11.6 Å². The molecule has 0 aromatic carbocycles. The van der Waals surface area contributed by atoms with Gasteiger partial charge in [-0.2, -0.15) is 0 Å². The minimum atomic E-state index is -0.226. The first-order chi connectivity index (χ1) is 5.68. The van der Waals surface area contributed by atoms with E-state index >= 15 is 0 Å². The Labute approximate surface area is 73.0 Å². The van der Waals surface area contributed by atoms with E-state index in [1.165, 1.54) is 0 Å². The summed E-state index contributed by atoms with van der Waals surface area (Å²) < 4.78 is 0. The topological polar surface area (TPSA) is 40.5 Å². The molecule has 0 aromatic rings. The first kappa shape index (κ1) is 8.26. The van der Waals surface area contributed by atoms with Gasteiger partial charge >= 0.3 is 0 Å². The maximum atomic E-state index is 10.4. The van der Waals surface area contributed by atoms with Gasteiger partial charge in [-0.15, -0.1) is 0 Å². The Hall–Kier alpha value is -0.345. The highest BCUT2D eigenvalue weighted by Crippen LogP contribution is 2.45. The third-order valence-corrected chi connectivity index (χ3v) is 3.57. The van der Waals surface area contributed by atoms with Crippen LogP contribution in [0.3, 0.4) is 0 Å². The Bertz CT molecular complexity index is 211. The van der Waals surface area contributed by atoms with Crippen LogP contribution in [0, 0.1) is 0 Å². The molecule has 2 rings (SSSR count). The lowest BCUT2D eigenvalue weighted by molar-refractivity contribution is 0.0784. The van der Waals surface area contributed by atoms with Gasteiger partial charge in [0.05, 0.1) is 12.3 Å². The van der Waals surface area contributed by atoms with Crippen LogP contribution in [0.2, 0.25) is 0 Å². The molecule has 2 saturated heterocycles. The first-order valence-corrected chi connectivity index (χ1v) is 4.57. The molecule has 12 heavy (non-hydrogen) atoms. The molecular formula is C8H14BNO2. The molecule has 3 nitrogen and oxygen atoms in total. The van der Waals surface area contributed by atoms with E-state index in [0.717, 1.165) is 25.4 Å². The fourth-order valence-corrected chi connectivity index (χ4v) is 2.73. The lowest BCUT2D eigenvalue weighted by Gasteiger charge is -2.32. The first-order valence-electron chi connectivity index (χ1n) is 4.57. The second-order valence-corrected chi connectivity index (χ2v) is 4.12. The number of carbonyl (C=O) groups excluding carboxylic acids is 1. The molecule has 2 aliphatic rings. The van der Waals surface area contributed by atoms with Crippen LogP contribution in [0.25, 0.3) is 0 Å². The Morgan fingerprint density at radius 1 is 1.75 bits per heavy atom. The van der Waals surface area contributed by atoms with Gasteiger partial charge in [-0.3, -0.25) is 0 Å². The number of nitrogens with zero attached hydrogens (tertiary/aromatic N) is 1. The molecule has 0 aliphatic carbocycles. The van der Waals surface area contributed by atoms with Gasteiger partial charge in [0.25, 0.3) is 7.41 Å². The lowest BCUT2D eigenvalue weighted by atomic mass is 9.84. The minimum Gasteiger partial charge on any atom is -0.391 e. The predicted molar refractivity (Wildman–Crippen MR) is 47.8 cm³/mol. The van der Waals surface area contributed by atoms with Crippen LogP contribution in [0.5, 0.6) is 0 Å².